The third-order valence-corrected chi connectivity index (χ3v) is 4.12. The molecule has 0 saturated carbocycles. The Morgan fingerprint density at radius 1 is 1.04 bits per heavy atom. The summed E-state index contributed by atoms with van der Waals surface area (Å²) >= 11 is 4.82. The summed E-state index contributed by atoms with van der Waals surface area (Å²) in [5.41, 5.74) is 7.75. The second-order valence-corrected chi connectivity index (χ2v) is 6.05. The molecule has 3 aromatic carbocycles. The summed E-state index contributed by atoms with van der Waals surface area (Å²) in [4.78, 5) is 14.8. The molecule has 0 heterocycles. The minimum atomic E-state index is -0.0410. The van der Waals surface area contributed by atoms with Gasteiger partial charge in [0.1, 0.15) is 0 Å². The van der Waals surface area contributed by atoms with E-state index in [1.165, 1.54) is 0 Å². The summed E-state index contributed by atoms with van der Waals surface area (Å²) in [7, 11) is 0. The fourth-order valence-corrected chi connectivity index (χ4v) is 2.98. The van der Waals surface area contributed by atoms with Crippen molar-refractivity contribution in [3.8, 4) is 0 Å². The van der Waals surface area contributed by atoms with Crippen molar-refractivity contribution in [2.75, 3.05) is 16.8 Å². The number of fused-ring (bicyclic) bond motifs is 1. The lowest BCUT2D eigenvalue weighted by Crippen LogP contribution is -2.30. The SMILES string of the molecule is CCN(C(=O)c1ccc(NC(N)=S)cc1)c1cccc2ccccc12. The van der Waals surface area contributed by atoms with Crippen LogP contribution in [0.1, 0.15) is 17.3 Å². The molecule has 1 amide bonds. The van der Waals surface area contributed by atoms with Crippen molar-refractivity contribution in [2.45, 2.75) is 6.92 Å². The molecule has 0 aromatic heterocycles. The molecule has 0 atom stereocenters. The molecule has 3 aromatic rings. The molecule has 126 valence electrons. The summed E-state index contributed by atoms with van der Waals surface area (Å²) in [5.74, 6) is -0.0410. The molecule has 0 saturated heterocycles. The van der Waals surface area contributed by atoms with Crippen molar-refractivity contribution in [3.63, 3.8) is 0 Å². The first kappa shape index (κ1) is 16.9. The molecule has 0 aliphatic heterocycles. The number of thiocarbonyl (C=S) groups is 1. The quantitative estimate of drug-likeness (QED) is 0.694. The zero-order chi connectivity index (χ0) is 17.8. The molecule has 5 heteroatoms. The minimum absolute atomic E-state index is 0.0410. The van der Waals surface area contributed by atoms with Gasteiger partial charge in [-0.05, 0) is 54.9 Å². The molecule has 0 spiro atoms. The molecule has 0 radical (unpaired) electrons. The summed E-state index contributed by atoms with van der Waals surface area (Å²) in [6.07, 6.45) is 0. The number of carbonyl (C=O) groups excluding carboxylic acids is 1. The third kappa shape index (κ3) is 3.61. The highest BCUT2D eigenvalue weighted by Crippen LogP contribution is 2.28. The molecule has 3 N–H and O–H groups in total. The van der Waals surface area contributed by atoms with Crippen LogP contribution in [0.2, 0.25) is 0 Å². The van der Waals surface area contributed by atoms with Crippen LogP contribution in [0.25, 0.3) is 10.8 Å². The summed E-state index contributed by atoms with van der Waals surface area (Å²) < 4.78 is 0. The van der Waals surface area contributed by atoms with Crippen LogP contribution in [0.5, 0.6) is 0 Å². The Labute approximate surface area is 152 Å². The Balaban J connectivity index is 1.94. The first-order valence-corrected chi connectivity index (χ1v) is 8.47. The van der Waals surface area contributed by atoms with E-state index in [1.54, 1.807) is 29.2 Å². The Morgan fingerprint density at radius 2 is 1.72 bits per heavy atom. The molecule has 0 aliphatic rings. The van der Waals surface area contributed by atoms with Gasteiger partial charge in [0.05, 0.1) is 5.69 Å². The molecule has 3 rings (SSSR count). The summed E-state index contributed by atoms with van der Waals surface area (Å²) in [5, 5.41) is 5.23. The van der Waals surface area contributed by atoms with Crippen molar-refractivity contribution in [1.29, 1.82) is 0 Å². The first-order chi connectivity index (χ1) is 12.1. The predicted molar refractivity (Wildman–Crippen MR) is 108 cm³/mol. The molecule has 0 fully saturated rings. The first-order valence-electron chi connectivity index (χ1n) is 8.06. The van der Waals surface area contributed by atoms with Gasteiger partial charge in [0.15, 0.2) is 5.11 Å². The third-order valence-electron chi connectivity index (χ3n) is 4.02. The van der Waals surface area contributed by atoms with Crippen molar-refractivity contribution in [2.24, 2.45) is 5.73 Å². The monoisotopic (exact) mass is 349 g/mol. The van der Waals surface area contributed by atoms with E-state index in [9.17, 15) is 4.79 Å². The van der Waals surface area contributed by atoms with Crippen LogP contribution >= 0.6 is 12.2 Å². The van der Waals surface area contributed by atoms with Gasteiger partial charge in [-0.2, -0.15) is 0 Å². The van der Waals surface area contributed by atoms with E-state index in [2.05, 4.69) is 5.32 Å². The molecule has 0 unspecified atom stereocenters. The molecule has 25 heavy (non-hydrogen) atoms. The second-order valence-electron chi connectivity index (χ2n) is 5.61. The number of rotatable bonds is 4. The number of benzene rings is 3. The summed E-state index contributed by atoms with van der Waals surface area (Å²) in [6, 6.07) is 21.2. The lowest BCUT2D eigenvalue weighted by Gasteiger charge is -2.23. The second kappa shape index (κ2) is 7.32. The average molecular weight is 349 g/mol. The van der Waals surface area contributed by atoms with Crippen LogP contribution in [-0.2, 0) is 0 Å². The Bertz CT molecular complexity index is 916. The highest BCUT2D eigenvalue weighted by molar-refractivity contribution is 7.80. The van der Waals surface area contributed by atoms with E-state index in [4.69, 9.17) is 18.0 Å². The van der Waals surface area contributed by atoms with Gasteiger partial charge in [-0.25, -0.2) is 0 Å². The van der Waals surface area contributed by atoms with Crippen molar-refractivity contribution < 1.29 is 4.79 Å². The van der Waals surface area contributed by atoms with Crippen LogP contribution in [0.4, 0.5) is 11.4 Å². The Hall–Kier alpha value is -2.92. The number of nitrogens with one attached hydrogen (secondary N) is 1. The van der Waals surface area contributed by atoms with Crippen LogP contribution in [0.3, 0.4) is 0 Å². The zero-order valence-corrected chi connectivity index (χ0v) is 14.7. The fourth-order valence-electron chi connectivity index (χ4n) is 2.86. The minimum Gasteiger partial charge on any atom is -0.376 e. The zero-order valence-electron chi connectivity index (χ0n) is 13.9. The topological polar surface area (TPSA) is 58.4 Å². The maximum atomic E-state index is 13.0. The highest BCUT2D eigenvalue weighted by Gasteiger charge is 2.18. The predicted octanol–water partition coefficient (Wildman–Crippen LogP) is 4.16. The van der Waals surface area contributed by atoms with E-state index in [0.717, 1.165) is 22.1 Å². The number of amides is 1. The number of nitrogens with two attached hydrogens (primary N) is 1. The molecule has 0 aliphatic carbocycles. The van der Waals surface area contributed by atoms with E-state index in [-0.39, 0.29) is 11.0 Å². The normalized spacial score (nSPS) is 10.4. The van der Waals surface area contributed by atoms with Gasteiger partial charge < -0.3 is 16.0 Å². The number of carbonyl (C=O) groups is 1. The van der Waals surface area contributed by atoms with E-state index >= 15 is 0 Å². The number of hydrogen-bond acceptors (Lipinski definition) is 2. The average Bonchev–Trinajstić information content (AvgIpc) is 2.62. The van der Waals surface area contributed by atoms with E-state index < -0.39 is 0 Å². The molecular formula is C20H19N3OS. The van der Waals surface area contributed by atoms with Gasteiger partial charge >= 0.3 is 0 Å². The van der Waals surface area contributed by atoms with Crippen molar-refractivity contribution in [3.05, 3.63) is 72.3 Å². The maximum Gasteiger partial charge on any atom is 0.258 e. The number of nitrogens with zero attached hydrogens (tertiary/aromatic N) is 1. The van der Waals surface area contributed by atoms with Crippen molar-refractivity contribution >= 4 is 45.4 Å². The standard InChI is InChI=1S/C20H19N3OS/c1-2-23(18-9-5-7-14-6-3-4-8-17(14)18)19(24)15-10-12-16(13-11-15)22-20(21)25/h3-13H,2H2,1H3,(H3,21,22,25). The van der Waals surface area contributed by atoms with Crippen LogP contribution in [0.15, 0.2) is 66.7 Å². The molecular weight excluding hydrogens is 330 g/mol. The van der Waals surface area contributed by atoms with Gasteiger partial charge in [0.25, 0.3) is 5.91 Å². The lowest BCUT2D eigenvalue weighted by molar-refractivity contribution is 0.0988. The lowest BCUT2D eigenvalue weighted by atomic mass is 10.1. The smallest absolute Gasteiger partial charge is 0.258 e. The summed E-state index contributed by atoms with van der Waals surface area (Å²) in [6.45, 7) is 2.56. The number of anilines is 2. The molecule has 4 nitrogen and oxygen atoms in total. The molecule has 0 bridgehead atoms. The van der Waals surface area contributed by atoms with Crippen LogP contribution in [-0.4, -0.2) is 17.6 Å². The fraction of sp³-hybridized carbons (Fsp3) is 0.100. The van der Waals surface area contributed by atoms with Gasteiger partial charge in [-0.1, -0.05) is 36.4 Å². The van der Waals surface area contributed by atoms with Crippen LogP contribution in [0, 0.1) is 0 Å². The number of hydrogen-bond donors (Lipinski definition) is 2. The van der Waals surface area contributed by atoms with Gasteiger partial charge in [0, 0.05) is 23.2 Å². The van der Waals surface area contributed by atoms with Crippen LogP contribution < -0.4 is 16.0 Å². The van der Waals surface area contributed by atoms with E-state index in [1.807, 2.05) is 49.4 Å². The Kier molecular flexibility index (Phi) is 4.95. The van der Waals surface area contributed by atoms with E-state index in [0.29, 0.717) is 12.1 Å². The van der Waals surface area contributed by atoms with Crippen molar-refractivity contribution in [1.82, 2.24) is 0 Å². The van der Waals surface area contributed by atoms with Gasteiger partial charge in [-0.3, -0.25) is 4.79 Å². The van der Waals surface area contributed by atoms with Gasteiger partial charge in [-0.15, -0.1) is 0 Å². The maximum absolute atomic E-state index is 13.0. The Morgan fingerprint density at radius 3 is 2.40 bits per heavy atom. The van der Waals surface area contributed by atoms with Gasteiger partial charge in [0.2, 0.25) is 0 Å². The largest absolute Gasteiger partial charge is 0.376 e. The highest BCUT2D eigenvalue weighted by atomic mass is 32.1.